The Bertz CT molecular complexity index is 720. The van der Waals surface area contributed by atoms with Gasteiger partial charge in [-0.15, -0.1) is 11.6 Å². The molecule has 2 aliphatic heterocycles. The fourth-order valence-electron chi connectivity index (χ4n) is 3.83. The molecule has 2 saturated heterocycles. The number of nitrogens with zero attached hydrogens (tertiary/aromatic N) is 4. The Morgan fingerprint density at radius 1 is 1.20 bits per heavy atom. The van der Waals surface area contributed by atoms with Gasteiger partial charge in [0.15, 0.2) is 0 Å². The zero-order valence-electron chi connectivity index (χ0n) is 19.0. The lowest BCUT2D eigenvalue weighted by molar-refractivity contribution is -0.129. The van der Waals surface area contributed by atoms with E-state index in [2.05, 4.69) is 28.7 Å². The molecule has 1 aromatic rings. The fraction of sp³-hybridized carbons (Fsp3) is 0.762. The van der Waals surface area contributed by atoms with Crippen molar-refractivity contribution in [3.05, 3.63) is 12.4 Å². The Labute approximate surface area is 185 Å². The Kier molecular flexibility index (Phi) is 6.99. The first kappa shape index (κ1) is 23.3. The van der Waals surface area contributed by atoms with Gasteiger partial charge in [-0.05, 0) is 60.3 Å². The van der Waals surface area contributed by atoms with Gasteiger partial charge in [0.2, 0.25) is 11.9 Å². The van der Waals surface area contributed by atoms with Crippen molar-refractivity contribution in [3.8, 4) is 0 Å². The standard InChI is InChI=1S/C21H34BClN4O3/c1-15(2)27(14-16-7-9-26(10-8-16)18(28)11-23)19-24-12-17(13-25-19)22-29-20(3,4)21(5,6)30-22/h12-13,15-16H,7-11,14H2,1-6H3. The highest BCUT2D eigenvalue weighted by Gasteiger charge is 2.52. The predicted octanol–water partition coefficient (Wildman–Crippen LogP) is 2.47. The third-order valence-electron chi connectivity index (χ3n) is 6.60. The van der Waals surface area contributed by atoms with Crippen LogP contribution in [0.4, 0.5) is 5.95 Å². The third kappa shape index (κ3) is 4.92. The third-order valence-corrected chi connectivity index (χ3v) is 6.83. The molecule has 0 N–H and O–H groups in total. The van der Waals surface area contributed by atoms with Gasteiger partial charge in [0, 0.05) is 43.5 Å². The number of amides is 1. The average molecular weight is 437 g/mol. The molecule has 9 heteroatoms. The van der Waals surface area contributed by atoms with Crippen LogP contribution >= 0.6 is 11.6 Å². The van der Waals surface area contributed by atoms with E-state index in [0.29, 0.717) is 11.9 Å². The number of piperidine rings is 1. The molecule has 1 aromatic heterocycles. The fourth-order valence-corrected chi connectivity index (χ4v) is 4.00. The van der Waals surface area contributed by atoms with Crippen molar-refractivity contribution in [3.63, 3.8) is 0 Å². The monoisotopic (exact) mass is 436 g/mol. The van der Waals surface area contributed by atoms with Crippen molar-refractivity contribution < 1.29 is 14.1 Å². The van der Waals surface area contributed by atoms with Crippen LogP contribution in [0.5, 0.6) is 0 Å². The van der Waals surface area contributed by atoms with Crippen molar-refractivity contribution in [1.82, 2.24) is 14.9 Å². The van der Waals surface area contributed by atoms with Gasteiger partial charge in [0.25, 0.3) is 0 Å². The Hall–Kier alpha value is -1.38. The van der Waals surface area contributed by atoms with Gasteiger partial charge in [-0.25, -0.2) is 9.97 Å². The molecule has 0 spiro atoms. The summed E-state index contributed by atoms with van der Waals surface area (Å²) in [5.74, 6) is 1.30. The highest BCUT2D eigenvalue weighted by atomic mass is 35.5. The quantitative estimate of drug-likeness (QED) is 0.504. The maximum absolute atomic E-state index is 11.8. The molecule has 0 radical (unpaired) electrons. The average Bonchev–Trinajstić information content (AvgIpc) is 2.93. The van der Waals surface area contributed by atoms with Crippen LogP contribution in [-0.4, -0.2) is 70.7 Å². The van der Waals surface area contributed by atoms with Gasteiger partial charge in [-0.2, -0.15) is 0 Å². The highest BCUT2D eigenvalue weighted by Crippen LogP contribution is 2.36. The lowest BCUT2D eigenvalue weighted by Gasteiger charge is -2.36. The molecule has 1 amide bonds. The largest absolute Gasteiger partial charge is 0.498 e. The van der Waals surface area contributed by atoms with Gasteiger partial charge in [-0.1, -0.05) is 0 Å². The molecule has 2 aliphatic rings. The van der Waals surface area contributed by atoms with Crippen LogP contribution in [-0.2, 0) is 14.1 Å². The second-order valence-electron chi connectivity index (χ2n) is 9.61. The summed E-state index contributed by atoms with van der Waals surface area (Å²) >= 11 is 5.68. The number of aromatic nitrogens is 2. The molecule has 0 atom stereocenters. The zero-order valence-corrected chi connectivity index (χ0v) is 19.8. The molecule has 2 fully saturated rings. The number of carbonyl (C=O) groups is 1. The molecule has 0 aliphatic carbocycles. The molecule has 0 saturated carbocycles. The van der Waals surface area contributed by atoms with Crippen LogP contribution in [0.2, 0.25) is 0 Å². The van der Waals surface area contributed by atoms with Crippen molar-refractivity contribution in [2.75, 3.05) is 30.4 Å². The lowest BCUT2D eigenvalue weighted by Crippen LogP contribution is -2.44. The minimum atomic E-state index is -0.458. The van der Waals surface area contributed by atoms with E-state index in [0.717, 1.165) is 37.9 Å². The summed E-state index contributed by atoms with van der Waals surface area (Å²) in [6.45, 7) is 14.9. The normalized spacial score (nSPS) is 21.3. The Morgan fingerprint density at radius 2 is 1.73 bits per heavy atom. The first-order valence-electron chi connectivity index (χ1n) is 10.8. The van der Waals surface area contributed by atoms with E-state index in [1.807, 2.05) is 45.0 Å². The second kappa shape index (κ2) is 9.01. The molecule has 0 bridgehead atoms. The summed E-state index contributed by atoms with van der Waals surface area (Å²) in [5, 5.41) is 0. The van der Waals surface area contributed by atoms with Gasteiger partial charge >= 0.3 is 7.12 Å². The van der Waals surface area contributed by atoms with Crippen molar-refractivity contribution in [2.24, 2.45) is 5.92 Å². The van der Waals surface area contributed by atoms with Crippen LogP contribution in [0.1, 0.15) is 54.4 Å². The van der Waals surface area contributed by atoms with E-state index >= 15 is 0 Å². The number of anilines is 1. The van der Waals surface area contributed by atoms with Crippen LogP contribution in [0.25, 0.3) is 0 Å². The van der Waals surface area contributed by atoms with Gasteiger partial charge < -0.3 is 19.1 Å². The van der Waals surface area contributed by atoms with E-state index < -0.39 is 7.12 Å². The molecule has 3 rings (SSSR count). The van der Waals surface area contributed by atoms with Gasteiger partial charge in [-0.3, -0.25) is 4.79 Å². The smallest absolute Gasteiger partial charge is 0.399 e. The van der Waals surface area contributed by atoms with Gasteiger partial charge in [0.1, 0.15) is 5.88 Å². The molecule has 0 unspecified atom stereocenters. The van der Waals surface area contributed by atoms with Crippen LogP contribution < -0.4 is 10.4 Å². The van der Waals surface area contributed by atoms with E-state index in [9.17, 15) is 4.79 Å². The van der Waals surface area contributed by atoms with E-state index in [4.69, 9.17) is 20.9 Å². The zero-order chi connectivity index (χ0) is 22.1. The van der Waals surface area contributed by atoms with E-state index in [-0.39, 0.29) is 29.0 Å². The molecule has 166 valence electrons. The van der Waals surface area contributed by atoms with Crippen molar-refractivity contribution >= 4 is 36.0 Å². The first-order chi connectivity index (χ1) is 14.0. The van der Waals surface area contributed by atoms with Crippen molar-refractivity contribution in [1.29, 1.82) is 0 Å². The van der Waals surface area contributed by atoms with Crippen molar-refractivity contribution in [2.45, 2.75) is 71.6 Å². The maximum atomic E-state index is 11.8. The molecule has 0 aromatic carbocycles. The summed E-state index contributed by atoms with van der Waals surface area (Å²) in [6.07, 6.45) is 5.55. The SMILES string of the molecule is CC(C)N(CC1CCN(C(=O)CCl)CC1)c1ncc(B2OC(C)(C)C(C)(C)O2)cn1. The topological polar surface area (TPSA) is 67.8 Å². The number of alkyl halides is 1. The minimum absolute atomic E-state index is 0.0254. The molecular formula is C21H34BClN4O3. The number of hydrogen-bond donors (Lipinski definition) is 0. The van der Waals surface area contributed by atoms with E-state index in [1.54, 1.807) is 0 Å². The summed E-state index contributed by atoms with van der Waals surface area (Å²) in [4.78, 5) is 25.2. The van der Waals surface area contributed by atoms with Gasteiger partial charge in [0.05, 0.1) is 11.2 Å². The summed E-state index contributed by atoms with van der Waals surface area (Å²) in [6, 6.07) is 0.273. The summed E-state index contributed by atoms with van der Waals surface area (Å²) in [5.41, 5.74) is 0.0500. The second-order valence-corrected chi connectivity index (χ2v) is 9.88. The predicted molar refractivity (Wildman–Crippen MR) is 120 cm³/mol. The molecular weight excluding hydrogens is 403 g/mol. The molecule has 30 heavy (non-hydrogen) atoms. The van der Waals surface area contributed by atoms with Crippen LogP contribution in [0, 0.1) is 5.92 Å². The number of likely N-dealkylation sites (tertiary alicyclic amines) is 1. The van der Waals surface area contributed by atoms with Crippen LogP contribution in [0.3, 0.4) is 0 Å². The number of carbonyl (C=O) groups excluding carboxylic acids is 1. The lowest BCUT2D eigenvalue weighted by atomic mass is 9.81. The Balaban J connectivity index is 1.64. The van der Waals surface area contributed by atoms with E-state index in [1.165, 1.54) is 0 Å². The molecule has 7 nitrogen and oxygen atoms in total. The van der Waals surface area contributed by atoms with Crippen LogP contribution in [0.15, 0.2) is 12.4 Å². The molecule has 3 heterocycles. The number of halogens is 1. The first-order valence-corrected chi connectivity index (χ1v) is 11.4. The maximum Gasteiger partial charge on any atom is 0.498 e. The summed E-state index contributed by atoms with van der Waals surface area (Å²) < 4.78 is 12.2. The number of rotatable bonds is 6. The number of hydrogen-bond acceptors (Lipinski definition) is 6. The highest BCUT2D eigenvalue weighted by molar-refractivity contribution is 6.61. The summed E-state index contributed by atoms with van der Waals surface area (Å²) in [7, 11) is -0.458. The minimum Gasteiger partial charge on any atom is -0.399 e. The Morgan fingerprint density at radius 3 is 2.20 bits per heavy atom.